The Morgan fingerprint density at radius 1 is 0.857 bits per heavy atom. The molecule has 13 heteroatoms. The lowest BCUT2D eigenvalue weighted by atomic mass is 10.1. The molecule has 4 aromatic rings. The number of hydrogen-bond donors (Lipinski definition) is 3. The minimum Gasteiger partial charge on any atom is -0.478 e. The van der Waals surface area contributed by atoms with Crippen LogP contribution in [0.4, 0.5) is 24.7 Å². The van der Waals surface area contributed by atoms with Crippen molar-refractivity contribution in [3.8, 4) is 0 Å². The molecule has 0 aliphatic rings. The maximum atomic E-state index is 12.8. The van der Waals surface area contributed by atoms with E-state index in [1.807, 2.05) is 72.5 Å². The zero-order valence-corrected chi connectivity index (χ0v) is 22.9. The van der Waals surface area contributed by atoms with Gasteiger partial charge in [-0.2, -0.15) is 13.2 Å². The van der Waals surface area contributed by atoms with Gasteiger partial charge in [0.15, 0.2) is 0 Å². The van der Waals surface area contributed by atoms with E-state index in [0.29, 0.717) is 13.1 Å². The van der Waals surface area contributed by atoms with E-state index in [9.17, 15) is 31.5 Å². The Morgan fingerprint density at radius 2 is 1.33 bits per heavy atom. The number of aryl methyl sites for hydroxylation is 1. The molecule has 0 spiro atoms. The highest BCUT2D eigenvalue weighted by atomic mass is 32.2. The molecule has 0 radical (unpaired) electrons. The second-order valence-electron chi connectivity index (χ2n) is 8.95. The largest absolute Gasteiger partial charge is 0.490 e. The molecule has 42 heavy (non-hydrogen) atoms. The number of carboxylic acids is 2. The van der Waals surface area contributed by atoms with Crippen molar-refractivity contribution >= 4 is 33.5 Å². The Hall–Kier alpha value is -4.91. The number of nitrogens with zero attached hydrogens (tertiary/aromatic N) is 2. The lowest BCUT2D eigenvalue weighted by Crippen LogP contribution is -2.26. The van der Waals surface area contributed by atoms with E-state index in [1.54, 1.807) is 12.1 Å². The Labute approximate surface area is 239 Å². The molecule has 1 aromatic heterocycles. The molecule has 0 bridgehead atoms. The fraction of sp³-hybridized carbons (Fsp3) is 0.138. The first kappa shape index (κ1) is 31.6. The van der Waals surface area contributed by atoms with Crippen LogP contribution < -0.4 is 9.62 Å². The molecule has 4 rings (SSSR count). The van der Waals surface area contributed by atoms with Crippen LogP contribution in [-0.2, 0) is 27.9 Å². The quantitative estimate of drug-likeness (QED) is 0.221. The second kappa shape index (κ2) is 13.6. The van der Waals surface area contributed by atoms with Crippen LogP contribution in [0.25, 0.3) is 0 Å². The fourth-order valence-corrected chi connectivity index (χ4v) is 4.70. The highest BCUT2D eigenvalue weighted by Gasteiger charge is 2.38. The van der Waals surface area contributed by atoms with Crippen molar-refractivity contribution in [2.24, 2.45) is 0 Å². The Balaban J connectivity index is 0.000000616. The van der Waals surface area contributed by atoms with Gasteiger partial charge in [-0.05, 0) is 36.2 Å². The number of anilines is 2. The molecule has 0 saturated heterocycles. The molecule has 0 fully saturated rings. The molecule has 0 saturated carbocycles. The van der Waals surface area contributed by atoms with Crippen LogP contribution in [0.5, 0.6) is 0 Å². The third-order valence-electron chi connectivity index (χ3n) is 5.66. The van der Waals surface area contributed by atoms with Gasteiger partial charge in [0, 0.05) is 13.1 Å². The van der Waals surface area contributed by atoms with Gasteiger partial charge in [-0.15, -0.1) is 0 Å². The first-order valence-electron chi connectivity index (χ1n) is 12.2. The second-order valence-corrected chi connectivity index (χ2v) is 10.6. The Bertz CT molecular complexity index is 1570. The first-order valence-corrected chi connectivity index (χ1v) is 13.7. The van der Waals surface area contributed by atoms with Gasteiger partial charge in [-0.25, -0.2) is 23.0 Å². The molecule has 3 N–H and O–H groups in total. The predicted octanol–water partition coefficient (Wildman–Crippen LogP) is 5.73. The number of alkyl halides is 3. The molecular weight excluding hydrogens is 575 g/mol. The Kier molecular flexibility index (Phi) is 10.3. The van der Waals surface area contributed by atoms with Gasteiger partial charge in [0.2, 0.25) is 0 Å². The number of halogens is 3. The van der Waals surface area contributed by atoms with E-state index in [0.717, 1.165) is 16.7 Å². The summed E-state index contributed by atoms with van der Waals surface area (Å²) in [5.74, 6) is -3.70. The van der Waals surface area contributed by atoms with Crippen LogP contribution in [0.1, 0.15) is 27.0 Å². The van der Waals surface area contributed by atoms with Crippen molar-refractivity contribution < 1.29 is 41.4 Å². The average molecular weight is 602 g/mol. The number of hydrogen-bond acceptors (Lipinski definition) is 6. The maximum Gasteiger partial charge on any atom is 0.490 e. The molecule has 0 atom stereocenters. The third-order valence-corrected chi connectivity index (χ3v) is 7.05. The van der Waals surface area contributed by atoms with Gasteiger partial charge in [0.05, 0.1) is 16.8 Å². The zero-order valence-electron chi connectivity index (χ0n) is 22.1. The smallest absolute Gasteiger partial charge is 0.478 e. The number of aromatic nitrogens is 1. The van der Waals surface area contributed by atoms with Crippen molar-refractivity contribution in [3.05, 3.63) is 119 Å². The normalized spacial score (nSPS) is 11.1. The summed E-state index contributed by atoms with van der Waals surface area (Å²) in [5.41, 5.74) is 2.89. The number of benzene rings is 3. The topological polar surface area (TPSA) is 137 Å². The van der Waals surface area contributed by atoms with E-state index in [4.69, 9.17) is 9.90 Å². The van der Waals surface area contributed by atoms with Gasteiger partial charge in [-0.1, -0.05) is 78.4 Å². The van der Waals surface area contributed by atoms with E-state index < -0.39 is 28.1 Å². The number of aliphatic carboxylic acids is 1. The highest BCUT2D eigenvalue weighted by molar-refractivity contribution is 7.92. The number of sulfonamides is 1. The van der Waals surface area contributed by atoms with Crippen LogP contribution >= 0.6 is 0 Å². The van der Waals surface area contributed by atoms with E-state index in [2.05, 4.69) is 9.71 Å². The van der Waals surface area contributed by atoms with Crippen molar-refractivity contribution in [2.45, 2.75) is 31.1 Å². The zero-order chi connectivity index (χ0) is 30.9. The van der Waals surface area contributed by atoms with Gasteiger partial charge in [0.1, 0.15) is 11.4 Å². The molecular formula is C29H26F3N3O6S. The van der Waals surface area contributed by atoms with Gasteiger partial charge in [-0.3, -0.25) is 4.72 Å². The molecule has 1 heterocycles. The SMILES string of the molecule is Cc1ccc(S(=O)(=O)Nc2cnc(N(Cc3ccccc3)Cc3ccccc3)c(C(=O)O)c2)cc1.O=C(O)C(F)(F)F. The van der Waals surface area contributed by atoms with Crippen molar-refractivity contribution in [3.63, 3.8) is 0 Å². The monoisotopic (exact) mass is 601 g/mol. The predicted molar refractivity (Wildman–Crippen MR) is 150 cm³/mol. The standard InChI is InChI=1S/C27H25N3O4S.C2HF3O2/c1-20-12-14-24(15-13-20)35(33,34)29-23-16-25(27(31)32)26(28-17-23)30(18-21-8-4-2-5-9-21)19-22-10-6-3-7-11-22;3-2(4,5)1(6)7/h2-17,29H,18-19H2,1H3,(H,31,32);(H,6,7). The van der Waals surface area contributed by atoms with E-state index >= 15 is 0 Å². The molecule has 9 nitrogen and oxygen atoms in total. The number of rotatable bonds is 9. The van der Waals surface area contributed by atoms with Gasteiger partial charge in [0.25, 0.3) is 10.0 Å². The lowest BCUT2D eigenvalue weighted by molar-refractivity contribution is -0.192. The van der Waals surface area contributed by atoms with Crippen LogP contribution in [0.3, 0.4) is 0 Å². The van der Waals surface area contributed by atoms with E-state index in [-0.39, 0.29) is 22.0 Å². The van der Waals surface area contributed by atoms with Crippen LogP contribution in [0.2, 0.25) is 0 Å². The number of carbonyl (C=O) groups is 2. The first-order chi connectivity index (χ1) is 19.8. The molecule has 3 aromatic carbocycles. The summed E-state index contributed by atoms with van der Waals surface area (Å²) in [6.45, 7) is 2.72. The molecule has 0 aliphatic carbocycles. The van der Waals surface area contributed by atoms with Crippen molar-refractivity contribution in [2.75, 3.05) is 9.62 Å². The molecule has 0 aliphatic heterocycles. The summed E-state index contributed by atoms with van der Waals surface area (Å²) in [6.07, 6.45) is -3.74. The molecule has 0 amide bonds. The lowest BCUT2D eigenvalue weighted by Gasteiger charge is -2.26. The molecule has 220 valence electrons. The number of carboxylic acid groups (broad SMARTS) is 2. The minimum absolute atomic E-state index is 0.0751. The summed E-state index contributed by atoms with van der Waals surface area (Å²) in [7, 11) is -3.90. The van der Waals surface area contributed by atoms with Crippen LogP contribution in [-0.4, -0.2) is 41.7 Å². The summed E-state index contributed by atoms with van der Waals surface area (Å²) < 4.78 is 59.8. The minimum atomic E-state index is -5.08. The summed E-state index contributed by atoms with van der Waals surface area (Å²) in [5, 5.41) is 17.1. The van der Waals surface area contributed by atoms with Crippen molar-refractivity contribution in [1.29, 1.82) is 0 Å². The van der Waals surface area contributed by atoms with Gasteiger partial charge >= 0.3 is 18.1 Å². The van der Waals surface area contributed by atoms with E-state index in [1.165, 1.54) is 24.4 Å². The fourth-order valence-electron chi connectivity index (χ4n) is 3.67. The summed E-state index contributed by atoms with van der Waals surface area (Å²) in [4.78, 5) is 27.5. The van der Waals surface area contributed by atoms with Crippen LogP contribution in [0.15, 0.2) is 102 Å². The summed E-state index contributed by atoms with van der Waals surface area (Å²) >= 11 is 0. The highest BCUT2D eigenvalue weighted by Crippen LogP contribution is 2.26. The third kappa shape index (κ3) is 9.06. The number of pyridine rings is 1. The number of nitrogens with one attached hydrogen (secondary N) is 1. The van der Waals surface area contributed by atoms with Crippen molar-refractivity contribution in [1.82, 2.24) is 4.98 Å². The molecule has 0 unspecified atom stereocenters. The average Bonchev–Trinajstić information content (AvgIpc) is 2.93. The maximum absolute atomic E-state index is 12.8. The Morgan fingerprint density at radius 3 is 1.76 bits per heavy atom. The van der Waals surface area contributed by atoms with Crippen LogP contribution in [0, 0.1) is 6.92 Å². The summed E-state index contributed by atoms with van der Waals surface area (Å²) in [6, 6.07) is 27.1. The number of aromatic carboxylic acids is 1. The van der Waals surface area contributed by atoms with Gasteiger partial charge < -0.3 is 15.1 Å².